The average Bonchev–Trinajstić information content (AvgIpc) is 3.12. The van der Waals surface area contributed by atoms with E-state index in [2.05, 4.69) is 41.5 Å². The fourth-order valence-corrected chi connectivity index (χ4v) is 8.26. The van der Waals surface area contributed by atoms with Crippen molar-refractivity contribution in [2.24, 2.45) is 27.6 Å². The van der Waals surface area contributed by atoms with Gasteiger partial charge in [0.05, 0.1) is 24.9 Å². The first kappa shape index (κ1) is 17.9. The fraction of sp³-hybridized carbons (Fsp3) is 1.00. The topological polar surface area (TPSA) is 27.7 Å². The molecule has 6 fully saturated rings. The van der Waals surface area contributed by atoms with Crippen molar-refractivity contribution in [3.8, 4) is 0 Å². The zero-order chi connectivity index (χ0) is 18.6. The van der Waals surface area contributed by atoms with Crippen LogP contribution in [0.2, 0.25) is 0 Å². The van der Waals surface area contributed by atoms with Crippen LogP contribution in [-0.4, -0.2) is 37.1 Å². The summed E-state index contributed by atoms with van der Waals surface area (Å²) in [7, 11) is 0. The van der Waals surface area contributed by atoms with E-state index in [9.17, 15) is 0 Å². The van der Waals surface area contributed by atoms with Crippen LogP contribution in [0.25, 0.3) is 0 Å². The van der Waals surface area contributed by atoms with Gasteiger partial charge in [0, 0.05) is 17.4 Å². The molecule has 3 atom stereocenters. The van der Waals surface area contributed by atoms with Crippen molar-refractivity contribution in [2.45, 2.75) is 97.4 Å². The monoisotopic (exact) mass is 362 g/mol. The summed E-state index contributed by atoms with van der Waals surface area (Å²) in [6, 6.07) is 0. The van der Waals surface area contributed by atoms with Crippen LogP contribution in [0.5, 0.6) is 0 Å². The first-order valence-corrected chi connectivity index (χ1v) is 10.9. The van der Waals surface area contributed by atoms with Crippen LogP contribution < -0.4 is 0 Å². The molecule has 0 aromatic rings. The van der Waals surface area contributed by atoms with Gasteiger partial charge in [0.25, 0.3) is 0 Å². The molecule has 6 aliphatic rings. The van der Waals surface area contributed by atoms with Gasteiger partial charge in [-0.25, -0.2) is 0 Å². The Kier molecular flexibility index (Phi) is 3.37. The Morgan fingerprint density at radius 3 is 2.27 bits per heavy atom. The summed E-state index contributed by atoms with van der Waals surface area (Å²) < 4.78 is 18.7. The lowest BCUT2D eigenvalue weighted by molar-refractivity contribution is -0.232. The summed E-state index contributed by atoms with van der Waals surface area (Å²) in [5.41, 5.74) is 1.41. The van der Waals surface area contributed by atoms with Crippen molar-refractivity contribution in [1.29, 1.82) is 0 Å². The van der Waals surface area contributed by atoms with Crippen molar-refractivity contribution in [3.63, 3.8) is 0 Å². The van der Waals surface area contributed by atoms with Gasteiger partial charge < -0.3 is 14.2 Å². The summed E-state index contributed by atoms with van der Waals surface area (Å²) >= 11 is 0. The van der Waals surface area contributed by atoms with E-state index in [1.807, 2.05) is 0 Å². The van der Waals surface area contributed by atoms with Crippen LogP contribution in [0.4, 0.5) is 0 Å². The Labute approximate surface area is 159 Å². The highest BCUT2D eigenvalue weighted by Crippen LogP contribution is 2.76. The van der Waals surface area contributed by atoms with Crippen LogP contribution in [0, 0.1) is 27.6 Å². The molecule has 2 bridgehead atoms. The van der Waals surface area contributed by atoms with Crippen molar-refractivity contribution in [3.05, 3.63) is 0 Å². The maximum atomic E-state index is 6.60. The van der Waals surface area contributed by atoms with Crippen LogP contribution in [0.3, 0.4) is 0 Å². The molecule has 2 aliphatic carbocycles. The maximum Gasteiger partial charge on any atom is 0.122 e. The predicted octanol–water partition coefficient (Wildman–Crippen LogP) is 4.97. The van der Waals surface area contributed by atoms with Crippen LogP contribution in [0.1, 0.15) is 80.1 Å². The van der Waals surface area contributed by atoms with Crippen molar-refractivity contribution < 1.29 is 14.2 Å². The van der Waals surface area contributed by atoms with Gasteiger partial charge >= 0.3 is 0 Å². The lowest BCUT2D eigenvalue weighted by Gasteiger charge is -2.60. The summed E-state index contributed by atoms with van der Waals surface area (Å²) in [6.07, 6.45) is 8.11. The van der Waals surface area contributed by atoms with Gasteiger partial charge in [-0.1, -0.05) is 34.6 Å². The molecule has 0 radical (unpaired) electrons. The quantitative estimate of drug-likeness (QED) is 0.709. The van der Waals surface area contributed by atoms with E-state index in [-0.39, 0.29) is 16.6 Å². The first-order chi connectivity index (χ1) is 12.0. The Balaban J connectivity index is 1.40. The van der Waals surface area contributed by atoms with E-state index in [1.54, 1.807) is 0 Å². The maximum absolute atomic E-state index is 6.60. The van der Waals surface area contributed by atoms with E-state index in [4.69, 9.17) is 14.2 Å². The lowest BCUT2D eigenvalue weighted by atomic mass is 9.44. The third-order valence-electron chi connectivity index (χ3n) is 9.68. The molecular weight excluding hydrogens is 324 g/mol. The minimum Gasteiger partial charge on any atom is -0.377 e. The third-order valence-corrected chi connectivity index (χ3v) is 9.68. The molecule has 2 saturated carbocycles. The van der Waals surface area contributed by atoms with Gasteiger partial charge in [-0.05, 0) is 62.2 Å². The molecule has 4 saturated heterocycles. The highest BCUT2D eigenvalue weighted by Gasteiger charge is 2.79. The molecule has 3 nitrogen and oxygen atoms in total. The Morgan fingerprint density at radius 2 is 1.69 bits per heavy atom. The molecule has 0 aromatic heterocycles. The molecule has 26 heavy (non-hydrogen) atoms. The van der Waals surface area contributed by atoms with E-state index in [0.29, 0.717) is 28.3 Å². The Hall–Kier alpha value is -0.120. The molecular formula is C23H38O3. The van der Waals surface area contributed by atoms with Gasteiger partial charge in [-0.15, -0.1) is 0 Å². The molecule has 4 aliphatic heterocycles. The number of hydrogen-bond acceptors (Lipinski definition) is 3. The zero-order valence-corrected chi connectivity index (χ0v) is 17.7. The molecule has 148 valence electrons. The predicted molar refractivity (Wildman–Crippen MR) is 102 cm³/mol. The van der Waals surface area contributed by atoms with Crippen molar-refractivity contribution in [2.75, 3.05) is 19.8 Å². The van der Waals surface area contributed by atoms with E-state index in [1.165, 1.54) is 38.5 Å². The minimum atomic E-state index is 0.00149. The van der Waals surface area contributed by atoms with Crippen LogP contribution in [0.15, 0.2) is 0 Å². The van der Waals surface area contributed by atoms with Gasteiger partial charge in [0.1, 0.15) is 5.60 Å². The fourth-order valence-electron chi connectivity index (χ4n) is 8.26. The molecule has 3 unspecified atom stereocenters. The molecule has 6 rings (SSSR count). The SMILES string of the molecule is CC12CC(C(C)(C)CC3CCC4(C(C)(C)C)CCOC34)(C1)C1(COC1)O2. The second-order valence-electron chi connectivity index (χ2n) is 12.3. The van der Waals surface area contributed by atoms with Crippen LogP contribution in [-0.2, 0) is 14.2 Å². The Bertz CT molecular complexity index is 605. The molecule has 0 amide bonds. The number of ether oxygens (including phenoxy) is 3. The second-order valence-corrected chi connectivity index (χ2v) is 12.3. The molecule has 0 N–H and O–H groups in total. The average molecular weight is 363 g/mol. The lowest BCUT2D eigenvalue weighted by Crippen LogP contribution is -2.65. The van der Waals surface area contributed by atoms with Crippen molar-refractivity contribution in [1.82, 2.24) is 0 Å². The molecule has 4 heterocycles. The van der Waals surface area contributed by atoms with Crippen molar-refractivity contribution >= 4 is 0 Å². The minimum absolute atomic E-state index is 0.00149. The standard InChI is InChI=1S/C23H38O3/c1-18(2,3)21-8-7-16(17(21)25-10-9-21)11-19(4,5)22-12-20(6,13-22)26-23(22)14-24-15-23/h16-17H,7-15H2,1-6H3. The first-order valence-electron chi connectivity index (χ1n) is 10.9. The summed E-state index contributed by atoms with van der Waals surface area (Å²) in [5, 5.41) is 0. The van der Waals surface area contributed by atoms with Gasteiger partial charge in [-0.3, -0.25) is 0 Å². The van der Waals surface area contributed by atoms with Gasteiger partial charge in [0.15, 0.2) is 0 Å². The highest BCUT2D eigenvalue weighted by atomic mass is 16.6. The number of hydrogen-bond donors (Lipinski definition) is 0. The summed E-state index contributed by atoms with van der Waals surface area (Å²) in [6.45, 7) is 17.2. The summed E-state index contributed by atoms with van der Waals surface area (Å²) in [5.74, 6) is 0.701. The van der Waals surface area contributed by atoms with Crippen LogP contribution >= 0.6 is 0 Å². The molecule has 3 heteroatoms. The number of rotatable bonds is 3. The van der Waals surface area contributed by atoms with E-state index in [0.717, 1.165) is 19.8 Å². The summed E-state index contributed by atoms with van der Waals surface area (Å²) in [4.78, 5) is 0. The zero-order valence-electron chi connectivity index (χ0n) is 17.7. The smallest absolute Gasteiger partial charge is 0.122 e. The molecule has 0 aromatic carbocycles. The third kappa shape index (κ3) is 1.91. The normalized spacial score (nSPS) is 49.2. The Morgan fingerprint density at radius 1 is 1.00 bits per heavy atom. The number of fused-ring (bicyclic) bond motifs is 1. The largest absolute Gasteiger partial charge is 0.377 e. The highest BCUT2D eigenvalue weighted by molar-refractivity contribution is 5.27. The van der Waals surface area contributed by atoms with Gasteiger partial charge in [-0.2, -0.15) is 0 Å². The van der Waals surface area contributed by atoms with E-state index < -0.39 is 0 Å². The van der Waals surface area contributed by atoms with E-state index >= 15 is 0 Å². The van der Waals surface area contributed by atoms with Gasteiger partial charge in [0.2, 0.25) is 0 Å². The second kappa shape index (κ2) is 4.89. The molecule has 1 spiro atoms.